The van der Waals surface area contributed by atoms with Gasteiger partial charge in [0.1, 0.15) is 17.0 Å². The van der Waals surface area contributed by atoms with Crippen molar-refractivity contribution in [1.82, 2.24) is 19.8 Å². The Morgan fingerprint density at radius 2 is 2.04 bits per heavy atom. The van der Waals surface area contributed by atoms with Gasteiger partial charge in [0.2, 0.25) is 0 Å². The molecule has 0 spiro atoms. The highest BCUT2D eigenvalue weighted by Gasteiger charge is 2.22. The van der Waals surface area contributed by atoms with Crippen molar-refractivity contribution in [2.45, 2.75) is 6.92 Å². The average Bonchev–Trinajstić information content (AvgIpc) is 3.05. The number of thiophene rings is 1. The molecule has 0 unspecified atom stereocenters. The van der Waals surface area contributed by atoms with E-state index in [0.29, 0.717) is 18.0 Å². The fourth-order valence-corrected chi connectivity index (χ4v) is 4.38. The van der Waals surface area contributed by atoms with Crippen molar-refractivity contribution in [3.8, 4) is 0 Å². The summed E-state index contributed by atoms with van der Waals surface area (Å²) in [5.74, 6) is 0.754. The summed E-state index contributed by atoms with van der Waals surface area (Å²) in [5.41, 5.74) is 0.914. The molecule has 0 aliphatic carbocycles. The van der Waals surface area contributed by atoms with E-state index in [2.05, 4.69) is 33.3 Å². The summed E-state index contributed by atoms with van der Waals surface area (Å²) in [7, 11) is 0. The summed E-state index contributed by atoms with van der Waals surface area (Å²) in [4.78, 5) is 27.4. The lowest BCUT2D eigenvalue weighted by molar-refractivity contribution is 0.0398. The van der Waals surface area contributed by atoms with Gasteiger partial charge in [-0.25, -0.2) is 9.97 Å². The van der Waals surface area contributed by atoms with Crippen LogP contribution in [0.3, 0.4) is 0 Å². The number of hydrogen-bond donors (Lipinski definition) is 1. The molecule has 0 saturated carbocycles. The Morgan fingerprint density at radius 3 is 2.71 bits per heavy atom. The third-order valence-electron chi connectivity index (χ3n) is 4.73. The first-order chi connectivity index (χ1) is 13.7. The number of nitrogens with zero attached hydrogens (tertiary/aromatic N) is 4. The molecule has 3 rings (SSSR count). The quantitative estimate of drug-likeness (QED) is 0.651. The van der Waals surface area contributed by atoms with Gasteiger partial charge < -0.3 is 15.0 Å². The van der Waals surface area contributed by atoms with Crippen molar-refractivity contribution in [3.05, 3.63) is 42.1 Å². The van der Waals surface area contributed by atoms with E-state index in [9.17, 15) is 4.79 Å². The minimum Gasteiger partial charge on any atom is -0.379 e. The molecule has 1 N–H and O–H groups in total. The van der Waals surface area contributed by atoms with E-state index in [4.69, 9.17) is 4.74 Å². The zero-order valence-electron chi connectivity index (χ0n) is 16.3. The van der Waals surface area contributed by atoms with Crippen LogP contribution in [0.4, 0.5) is 5.82 Å². The van der Waals surface area contributed by atoms with Crippen LogP contribution in [-0.2, 0) is 4.74 Å². The number of aryl methyl sites for hydroxylation is 1. The van der Waals surface area contributed by atoms with Crippen LogP contribution >= 0.6 is 11.3 Å². The first-order valence-electron chi connectivity index (χ1n) is 9.44. The molecule has 3 heterocycles. The lowest BCUT2D eigenvalue weighted by atomic mass is 10.2. The van der Waals surface area contributed by atoms with Gasteiger partial charge >= 0.3 is 0 Å². The van der Waals surface area contributed by atoms with Crippen molar-refractivity contribution in [3.63, 3.8) is 0 Å². The summed E-state index contributed by atoms with van der Waals surface area (Å²) in [5, 5.41) is 4.35. The van der Waals surface area contributed by atoms with Crippen LogP contribution in [0, 0.1) is 6.92 Å². The second-order valence-corrected chi connectivity index (χ2v) is 7.63. The summed E-state index contributed by atoms with van der Waals surface area (Å²) in [6, 6.07) is 0. The van der Waals surface area contributed by atoms with Crippen LogP contribution in [0.15, 0.2) is 31.6 Å². The molecule has 28 heavy (non-hydrogen) atoms. The first-order valence-corrected chi connectivity index (χ1v) is 10.3. The molecule has 8 heteroatoms. The Bertz CT molecular complexity index is 834. The van der Waals surface area contributed by atoms with E-state index < -0.39 is 0 Å². The molecule has 1 fully saturated rings. The predicted octanol–water partition coefficient (Wildman–Crippen LogP) is 2.56. The maximum atomic E-state index is 13.0. The molecule has 1 amide bonds. The Hall–Kier alpha value is -2.29. The number of hydrogen-bond acceptors (Lipinski definition) is 7. The monoisotopic (exact) mass is 401 g/mol. The standard InChI is InChI=1S/C20H27N5O2S/c1-4-7-25(8-5-2)20(26)17-15(3)16-18(22-14-23-19(16)28-17)21-6-9-24-10-12-27-13-11-24/h4-5,14H,1-2,6-13H2,3H3,(H,21,22,23). The van der Waals surface area contributed by atoms with Crippen LogP contribution < -0.4 is 5.32 Å². The lowest BCUT2D eigenvalue weighted by Crippen LogP contribution is -2.39. The van der Waals surface area contributed by atoms with E-state index in [1.165, 1.54) is 11.3 Å². The Balaban J connectivity index is 1.78. The van der Waals surface area contributed by atoms with Crippen LogP contribution in [0.5, 0.6) is 0 Å². The lowest BCUT2D eigenvalue weighted by Gasteiger charge is -2.26. The number of rotatable bonds is 9. The highest BCUT2D eigenvalue weighted by molar-refractivity contribution is 7.20. The highest BCUT2D eigenvalue weighted by Crippen LogP contribution is 2.34. The van der Waals surface area contributed by atoms with E-state index in [1.807, 2.05) is 6.92 Å². The molecule has 0 bridgehead atoms. The van der Waals surface area contributed by atoms with Gasteiger partial charge in [0.05, 0.1) is 23.5 Å². The summed E-state index contributed by atoms with van der Waals surface area (Å²) >= 11 is 1.41. The van der Waals surface area contributed by atoms with E-state index >= 15 is 0 Å². The molecule has 1 aliphatic heterocycles. The molecule has 0 radical (unpaired) electrons. The molecule has 150 valence electrons. The minimum atomic E-state index is -0.0282. The zero-order valence-corrected chi connectivity index (χ0v) is 17.1. The largest absolute Gasteiger partial charge is 0.379 e. The van der Waals surface area contributed by atoms with Gasteiger partial charge in [-0.15, -0.1) is 24.5 Å². The molecule has 0 aromatic carbocycles. The number of amides is 1. The molecule has 0 atom stereocenters. The van der Waals surface area contributed by atoms with Crippen LogP contribution in [0.2, 0.25) is 0 Å². The number of anilines is 1. The molecule has 7 nitrogen and oxygen atoms in total. The second kappa shape index (κ2) is 9.77. The fourth-order valence-electron chi connectivity index (χ4n) is 3.26. The van der Waals surface area contributed by atoms with E-state index in [-0.39, 0.29) is 5.91 Å². The third kappa shape index (κ3) is 4.57. The van der Waals surface area contributed by atoms with Gasteiger partial charge in [0.15, 0.2) is 0 Å². The topological polar surface area (TPSA) is 70.6 Å². The second-order valence-electron chi connectivity index (χ2n) is 6.63. The molecule has 2 aromatic heterocycles. The highest BCUT2D eigenvalue weighted by atomic mass is 32.1. The SMILES string of the molecule is C=CCN(CC=C)C(=O)c1sc2ncnc(NCCN3CCOCC3)c2c1C. The van der Waals surface area contributed by atoms with Gasteiger partial charge in [-0.3, -0.25) is 9.69 Å². The summed E-state index contributed by atoms with van der Waals surface area (Å²) in [6.45, 7) is 15.6. The number of aromatic nitrogens is 2. The molecule has 1 saturated heterocycles. The summed E-state index contributed by atoms with van der Waals surface area (Å²) < 4.78 is 5.39. The first kappa shape index (κ1) is 20.4. The maximum absolute atomic E-state index is 13.0. The Kier molecular flexibility index (Phi) is 7.13. The van der Waals surface area contributed by atoms with Crippen LogP contribution in [0.1, 0.15) is 15.2 Å². The minimum absolute atomic E-state index is 0.0282. The van der Waals surface area contributed by atoms with Crippen LogP contribution in [0.25, 0.3) is 10.2 Å². The fraction of sp³-hybridized carbons (Fsp3) is 0.450. The van der Waals surface area contributed by atoms with Crippen LogP contribution in [-0.4, -0.2) is 78.2 Å². The number of ether oxygens (including phenoxy) is 1. The molecule has 2 aromatic rings. The molecular weight excluding hydrogens is 374 g/mol. The van der Waals surface area contributed by atoms with Gasteiger partial charge in [-0.1, -0.05) is 12.2 Å². The van der Waals surface area contributed by atoms with Gasteiger partial charge in [-0.2, -0.15) is 0 Å². The smallest absolute Gasteiger partial charge is 0.264 e. The van der Waals surface area contributed by atoms with Gasteiger partial charge in [0, 0.05) is 39.3 Å². The van der Waals surface area contributed by atoms with Gasteiger partial charge in [-0.05, 0) is 12.5 Å². The summed E-state index contributed by atoms with van der Waals surface area (Å²) in [6.07, 6.45) is 5.00. The maximum Gasteiger partial charge on any atom is 0.264 e. The average molecular weight is 402 g/mol. The number of morpholine rings is 1. The third-order valence-corrected chi connectivity index (χ3v) is 5.92. The number of carbonyl (C=O) groups is 1. The Labute approximate surface area is 169 Å². The zero-order chi connectivity index (χ0) is 19.9. The normalized spacial score (nSPS) is 14.8. The predicted molar refractivity (Wildman–Crippen MR) is 114 cm³/mol. The van der Waals surface area contributed by atoms with Crippen molar-refractivity contribution in [2.24, 2.45) is 0 Å². The number of nitrogens with one attached hydrogen (secondary N) is 1. The van der Waals surface area contributed by atoms with Gasteiger partial charge in [0.25, 0.3) is 5.91 Å². The van der Waals surface area contributed by atoms with Crippen molar-refractivity contribution in [1.29, 1.82) is 0 Å². The van der Waals surface area contributed by atoms with Crippen molar-refractivity contribution in [2.75, 3.05) is 57.8 Å². The number of carbonyl (C=O) groups excluding carboxylic acids is 1. The Morgan fingerprint density at radius 1 is 1.32 bits per heavy atom. The number of fused-ring (bicyclic) bond motifs is 1. The van der Waals surface area contributed by atoms with E-state index in [0.717, 1.165) is 61.0 Å². The van der Waals surface area contributed by atoms with Crippen molar-refractivity contribution >= 4 is 33.3 Å². The molecular formula is C20H27N5O2S. The molecule has 1 aliphatic rings. The van der Waals surface area contributed by atoms with Crippen molar-refractivity contribution < 1.29 is 9.53 Å². The van der Waals surface area contributed by atoms with E-state index in [1.54, 1.807) is 23.4 Å².